The fraction of sp³-hybridized carbons (Fsp3) is 0.533. The third-order valence-electron chi connectivity index (χ3n) is 4.17. The van der Waals surface area contributed by atoms with E-state index in [1.54, 1.807) is 25.1 Å². The number of sulfonamides is 1. The number of hydrogen-bond donors (Lipinski definition) is 2. The smallest absolute Gasteiger partial charge is 0.324 e. The van der Waals surface area contributed by atoms with Crippen LogP contribution in [0.15, 0.2) is 29.2 Å². The van der Waals surface area contributed by atoms with Gasteiger partial charge in [-0.1, -0.05) is 19.1 Å². The Morgan fingerprint density at radius 3 is 2.48 bits per heavy atom. The predicted molar refractivity (Wildman–Crippen MR) is 79.5 cm³/mol. The maximum absolute atomic E-state index is 12.5. The number of carboxylic acids is 1. The highest BCUT2D eigenvalue weighted by Crippen LogP contribution is 2.33. The second-order valence-electron chi connectivity index (χ2n) is 5.99. The topological polar surface area (TPSA) is 83.5 Å². The van der Waals surface area contributed by atoms with Gasteiger partial charge in [-0.15, -0.1) is 0 Å². The molecule has 0 aliphatic heterocycles. The molecule has 0 bridgehead atoms. The first-order valence-corrected chi connectivity index (χ1v) is 8.57. The Morgan fingerprint density at radius 1 is 1.33 bits per heavy atom. The van der Waals surface area contributed by atoms with Crippen LogP contribution in [0.2, 0.25) is 0 Å². The van der Waals surface area contributed by atoms with Crippen LogP contribution in [0.1, 0.15) is 38.2 Å². The molecule has 1 aliphatic rings. The van der Waals surface area contributed by atoms with Gasteiger partial charge in [0.15, 0.2) is 0 Å². The average molecular weight is 311 g/mol. The van der Waals surface area contributed by atoms with Gasteiger partial charge in [-0.25, -0.2) is 8.42 Å². The lowest BCUT2D eigenvalue weighted by molar-refractivity contribution is -0.145. The SMILES string of the molecule is Cc1cccc(S(=O)(=O)NC2(C(=O)O)CCC(C)CC2)c1. The fourth-order valence-electron chi connectivity index (χ4n) is 2.71. The summed E-state index contributed by atoms with van der Waals surface area (Å²) in [7, 11) is -3.83. The maximum Gasteiger partial charge on any atom is 0.324 e. The van der Waals surface area contributed by atoms with Gasteiger partial charge in [0.25, 0.3) is 0 Å². The molecule has 6 heteroatoms. The van der Waals surface area contributed by atoms with Crippen molar-refractivity contribution in [3.8, 4) is 0 Å². The lowest BCUT2D eigenvalue weighted by atomic mass is 9.78. The number of carbonyl (C=O) groups is 1. The van der Waals surface area contributed by atoms with Crippen molar-refractivity contribution in [2.75, 3.05) is 0 Å². The van der Waals surface area contributed by atoms with Crippen LogP contribution < -0.4 is 4.72 Å². The maximum atomic E-state index is 12.5. The molecular formula is C15H21NO4S. The molecule has 0 unspecified atom stereocenters. The van der Waals surface area contributed by atoms with Crippen LogP contribution >= 0.6 is 0 Å². The lowest BCUT2D eigenvalue weighted by Gasteiger charge is -2.36. The third-order valence-corrected chi connectivity index (χ3v) is 5.70. The molecule has 0 radical (unpaired) electrons. The molecule has 1 aromatic rings. The Balaban J connectivity index is 2.30. The minimum atomic E-state index is -3.83. The van der Waals surface area contributed by atoms with Crippen LogP contribution in [0, 0.1) is 12.8 Å². The van der Waals surface area contributed by atoms with Crippen molar-refractivity contribution in [3.05, 3.63) is 29.8 Å². The summed E-state index contributed by atoms with van der Waals surface area (Å²) in [6.07, 6.45) is 2.08. The monoisotopic (exact) mass is 311 g/mol. The summed E-state index contributed by atoms with van der Waals surface area (Å²) in [4.78, 5) is 11.7. The Morgan fingerprint density at radius 2 is 1.95 bits per heavy atom. The van der Waals surface area contributed by atoms with E-state index in [1.165, 1.54) is 6.07 Å². The van der Waals surface area contributed by atoms with Gasteiger partial charge in [-0.3, -0.25) is 4.79 Å². The van der Waals surface area contributed by atoms with Crippen molar-refractivity contribution < 1.29 is 18.3 Å². The molecule has 2 rings (SSSR count). The summed E-state index contributed by atoms with van der Waals surface area (Å²) >= 11 is 0. The van der Waals surface area contributed by atoms with E-state index in [0.717, 1.165) is 5.56 Å². The third kappa shape index (κ3) is 3.44. The Bertz CT molecular complexity index is 631. The van der Waals surface area contributed by atoms with Crippen molar-refractivity contribution in [3.63, 3.8) is 0 Å². The van der Waals surface area contributed by atoms with Crippen LogP contribution in [0.25, 0.3) is 0 Å². The van der Waals surface area contributed by atoms with Crippen LogP contribution in [-0.4, -0.2) is 25.0 Å². The van der Waals surface area contributed by atoms with E-state index in [4.69, 9.17) is 0 Å². The highest BCUT2D eigenvalue weighted by Gasteiger charge is 2.44. The zero-order valence-corrected chi connectivity index (χ0v) is 13.1. The summed E-state index contributed by atoms with van der Waals surface area (Å²) < 4.78 is 27.4. The minimum Gasteiger partial charge on any atom is -0.480 e. The molecule has 1 aromatic carbocycles. The number of nitrogens with one attached hydrogen (secondary N) is 1. The van der Waals surface area contributed by atoms with Crippen molar-refractivity contribution in [2.24, 2.45) is 5.92 Å². The average Bonchev–Trinajstić information content (AvgIpc) is 2.41. The molecule has 0 spiro atoms. The molecule has 1 aliphatic carbocycles. The summed E-state index contributed by atoms with van der Waals surface area (Å²) in [5.74, 6) is -0.661. The van der Waals surface area contributed by atoms with Gasteiger partial charge >= 0.3 is 5.97 Å². The van der Waals surface area contributed by atoms with Crippen LogP contribution in [0.4, 0.5) is 0 Å². The Kier molecular flexibility index (Phi) is 4.39. The summed E-state index contributed by atoms with van der Waals surface area (Å²) in [6.45, 7) is 3.86. The van der Waals surface area contributed by atoms with Crippen molar-refractivity contribution >= 4 is 16.0 Å². The molecule has 0 heterocycles. The number of benzene rings is 1. The largest absolute Gasteiger partial charge is 0.480 e. The molecular weight excluding hydrogens is 290 g/mol. The first-order chi connectivity index (χ1) is 9.75. The molecule has 1 fully saturated rings. The number of hydrogen-bond acceptors (Lipinski definition) is 3. The molecule has 0 saturated heterocycles. The molecule has 21 heavy (non-hydrogen) atoms. The highest BCUT2D eigenvalue weighted by molar-refractivity contribution is 7.89. The standard InChI is InChI=1S/C15H21NO4S/c1-11-6-8-15(9-7-11,14(17)18)16-21(19,20)13-5-3-4-12(2)10-13/h3-5,10-11,16H,6-9H2,1-2H3,(H,17,18). The van der Waals surface area contributed by atoms with E-state index in [0.29, 0.717) is 31.6 Å². The predicted octanol–water partition coefficient (Wildman–Crippen LogP) is 2.31. The fourth-order valence-corrected chi connectivity index (χ4v) is 4.24. The van der Waals surface area contributed by atoms with Gasteiger partial charge in [0.2, 0.25) is 10.0 Å². The molecule has 116 valence electrons. The summed E-state index contributed by atoms with van der Waals surface area (Å²) in [5, 5.41) is 9.51. The number of aliphatic carboxylic acids is 1. The van der Waals surface area contributed by atoms with Gasteiger partial charge < -0.3 is 5.11 Å². The Labute approximate surface area is 125 Å². The molecule has 2 N–H and O–H groups in total. The number of aryl methyl sites for hydroxylation is 1. The quantitative estimate of drug-likeness (QED) is 0.893. The van der Waals surface area contributed by atoms with E-state index < -0.39 is 21.5 Å². The van der Waals surface area contributed by atoms with Gasteiger partial charge in [-0.05, 0) is 56.2 Å². The van der Waals surface area contributed by atoms with Gasteiger partial charge in [0.05, 0.1) is 4.90 Å². The lowest BCUT2D eigenvalue weighted by Crippen LogP contribution is -2.56. The summed E-state index contributed by atoms with van der Waals surface area (Å²) in [5.41, 5.74) is -0.561. The van der Waals surface area contributed by atoms with Gasteiger partial charge in [-0.2, -0.15) is 4.72 Å². The second kappa shape index (κ2) is 5.77. The zero-order chi connectivity index (χ0) is 15.7. The first-order valence-electron chi connectivity index (χ1n) is 7.09. The van der Waals surface area contributed by atoms with Crippen molar-refractivity contribution in [1.82, 2.24) is 4.72 Å². The van der Waals surface area contributed by atoms with Gasteiger partial charge in [0, 0.05) is 0 Å². The number of carboxylic acid groups (broad SMARTS) is 1. The summed E-state index contributed by atoms with van der Waals surface area (Å²) in [6, 6.07) is 6.48. The second-order valence-corrected chi connectivity index (χ2v) is 7.67. The van der Waals surface area contributed by atoms with Crippen molar-refractivity contribution in [1.29, 1.82) is 0 Å². The normalized spacial score (nSPS) is 26.5. The van der Waals surface area contributed by atoms with Crippen LogP contribution in [-0.2, 0) is 14.8 Å². The highest BCUT2D eigenvalue weighted by atomic mass is 32.2. The number of rotatable bonds is 4. The van der Waals surface area contributed by atoms with Crippen molar-refractivity contribution in [2.45, 2.75) is 50.0 Å². The van der Waals surface area contributed by atoms with E-state index in [2.05, 4.69) is 11.6 Å². The molecule has 5 nitrogen and oxygen atoms in total. The molecule has 1 saturated carbocycles. The van der Waals surface area contributed by atoms with Gasteiger partial charge in [0.1, 0.15) is 5.54 Å². The zero-order valence-electron chi connectivity index (χ0n) is 12.3. The molecule has 0 amide bonds. The van der Waals surface area contributed by atoms with E-state index in [-0.39, 0.29) is 4.90 Å². The van der Waals surface area contributed by atoms with E-state index >= 15 is 0 Å². The first kappa shape index (κ1) is 16.0. The van der Waals surface area contributed by atoms with E-state index in [9.17, 15) is 18.3 Å². The minimum absolute atomic E-state index is 0.113. The van der Waals surface area contributed by atoms with Crippen LogP contribution in [0.5, 0.6) is 0 Å². The van der Waals surface area contributed by atoms with E-state index in [1.807, 2.05) is 0 Å². The molecule has 0 atom stereocenters. The van der Waals surface area contributed by atoms with Crippen LogP contribution in [0.3, 0.4) is 0 Å². The molecule has 0 aromatic heterocycles. The Hall–Kier alpha value is -1.40.